The van der Waals surface area contributed by atoms with Crippen LogP contribution in [0.3, 0.4) is 0 Å². The second-order valence-corrected chi connectivity index (χ2v) is 8.16. The minimum Gasteiger partial charge on any atom is -0.298 e. The summed E-state index contributed by atoms with van der Waals surface area (Å²) >= 11 is 6.78. The zero-order chi connectivity index (χ0) is 18.6. The van der Waals surface area contributed by atoms with Gasteiger partial charge in [-0.1, -0.05) is 51.6 Å². The first-order valence-corrected chi connectivity index (χ1v) is 9.39. The summed E-state index contributed by atoms with van der Waals surface area (Å²) < 4.78 is 1.67. The molecule has 2 aromatic rings. The van der Waals surface area contributed by atoms with E-state index in [1.54, 1.807) is 16.8 Å². The summed E-state index contributed by atoms with van der Waals surface area (Å²) in [6, 6.07) is 7.54. The normalized spacial score (nSPS) is 11.2. The number of carbonyl (C=O) groups excluding carboxylic acids is 1. The fraction of sp³-hybridized carbons (Fsp3) is 0.412. The minimum atomic E-state index is -0.256. The Morgan fingerprint density at radius 2 is 1.88 bits per heavy atom. The third-order valence-corrected chi connectivity index (χ3v) is 4.53. The van der Waals surface area contributed by atoms with E-state index in [9.17, 15) is 4.79 Å². The second kappa shape index (κ2) is 7.97. The first kappa shape index (κ1) is 19.4. The lowest BCUT2D eigenvalue weighted by molar-refractivity contribution is 0.0977. The fourth-order valence-corrected chi connectivity index (χ4v) is 2.97. The van der Waals surface area contributed by atoms with E-state index in [2.05, 4.69) is 41.7 Å². The lowest BCUT2D eigenvalue weighted by Crippen LogP contribution is -2.38. The van der Waals surface area contributed by atoms with Crippen molar-refractivity contribution in [1.29, 1.82) is 0 Å². The van der Waals surface area contributed by atoms with Crippen LogP contribution < -0.4 is 10.7 Å². The lowest BCUT2D eigenvalue weighted by Gasteiger charge is -2.19. The summed E-state index contributed by atoms with van der Waals surface area (Å²) in [7, 11) is 0. The molecule has 25 heavy (non-hydrogen) atoms. The number of thioether (sulfide) groups is 1. The fourth-order valence-electron chi connectivity index (χ4n) is 2.12. The Morgan fingerprint density at radius 1 is 1.24 bits per heavy atom. The van der Waals surface area contributed by atoms with Crippen LogP contribution in [0.5, 0.6) is 0 Å². The van der Waals surface area contributed by atoms with Crippen molar-refractivity contribution in [3.63, 3.8) is 0 Å². The number of nitrogens with one attached hydrogen (secondary N) is 2. The number of hydrogen-bond donors (Lipinski definition) is 2. The zero-order valence-electron chi connectivity index (χ0n) is 15.1. The van der Waals surface area contributed by atoms with Gasteiger partial charge < -0.3 is 0 Å². The Labute approximate surface area is 157 Å². The van der Waals surface area contributed by atoms with Crippen LogP contribution in [0.2, 0.25) is 0 Å². The number of rotatable bonds is 4. The average Bonchev–Trinajstić information content (AvgIpc) is 2.87. The van der Waals surface area contributed by atoms with Crippen LogP contribution in [0.25, 0.3) is 0 Å². The summed E-state index contributed by atoms with van der Waals surface area (Å²) in [4.78, 5) is 12.4. The number of benzene rings is 1. The molecule has 0 fully saturated rings. The van der Waals surface area contributed by atoms with Gasteiger partial charge in [0.05, 0.1) is 0 Å². The molecule has 0 spiro atoms. The molecular formula is C17H23N5OS2. The molecule has 0 aliphatic carbocycles. The number of nitrogens with zero attached hydrogens (tertiary/aromatic N) is 3. The molecular weight excluding hydrogens is 354 g/mol. The first-order chi connectivity index (χ1) is 11.7. The molecule has 6 nitrogen and oxygen atoms in total. The topological polar surface area (TPSA) is 71.8 Å². The Kier molecular flexibility index (Phi) is 6.18. The molecule has 1 aromatic carbocycles. The van der Waals surface area contributed by atoms with Crippen molar-refractivity contribution in [2.75, 3.05) is 11.2 Å². The number of thiocarbonyl (C=S) groups is 1. The van der Waals surface area contributed by atoms with Crippen molar-refractivity contribution in [1.82, 2.24) is 20.2 Å². The summed E-state index contributed by atoms with van der Waals surface area (Å²) in [5, 5.41) is 11.7. The van der Waals surface area contributed by atoms with Gasteiger partial charge in [-0.05, 0) is 48.0 Å². The Morgan fingerprint density at radius 3 is 2.44 bits per heavy atom. The molecule has 0 saturated carbocycles. The third kappa shape index (κ3) is 5.02. The van der Waals surface area contributed by atoms with Gasteiger partial charge in [-0.25, -0.2) is 4.68 Å². The first-order valence-electron chi connectivity index (χ1n) is 8.00. The van der Waals surface area contributed by atoms with Gasteiger partial charge in [-0.15, -0.1) is 10.2 Å². The van der Waals surface area contributed by atoms with Crippen LogP contribution in [0.15, 0.2) is 29.4 Å². The van der Waals surface area contributed by atoms with Gasteiger partial charge in [-0.2, -0.15) is 0 Å². The van der Waals surface area contributed by atoms with Gasteiger partial charge >= 0.3 is 0 Å². The smallest absolute Gasteiger partial charge is 0.257 e. The molecule has 2 rings (SSSR count). The molecule has 0 saturated heterocycles. The lowest BCUT2D eigenvalue weighted by atomic mass is 9.87. The quantitative estimate of drug-likeness (QED) is 0.629. The van der Waals surface area contributed by atoms with E-state index in [1.165, 1.54) is 17.3 Å². The monoisotopic (exact) mass is 377 g/mol. The standard InChI is InChI=1S/C17H23N5OS2/c1-6-25-16-20-19-11(2)22(16)21-15(24)18-14(23)12-7-9-13(10-8-12)17(3,4)5/h7-10H,6H2,1-5H3,(H2,18,21,23,24). The number of aromatic nitrogens is 3. The van der Waals surface area contributed by atoms with Crippen molar-refractivity contribution in [3.8, 4) is 0 Å². The van der Waals surface area contributed by atoms with Gasteiger partial charge in [0.2, 0.25) is 5.16 Å². The van der Waals surface area contributed by atoms with E-state index in [4.69, 9.17) is 12.2 Å². The van der Waals surface area contributed by atoms with Crippen molar-refractivity contribution in [3.05, 3.63) is 41.2 Å². The second-order valence-electron chi connectivity index (χ2n) is 6.52. The van der Waals surface area contributed by atoms with Crippen LogP contribution >= 0.6 is 24.0 Å². The SMILES string of the molecule is CCSc1nnc(C)n1NC(=S)NC(=O)c1ccc(C(C)(C)C)cc1. The maximum Gasteiger partial charge on any atom is 0.257 e. The molecule has 8 heteroatoms. The molecule has 0 aliphatic heterocycles. The molecule has 1 heterocycles. The maximum atomic E-state index is 12.4. The molecule has 134 valence electrons. The van der Waals surface area contributed by atoms with Crippen LogP contribution in [-0.4, -0.2) is 31.6 Å². The number of carbonyl (C=O) groups is 1. The number of hydrogen-bond acceptors (Lipinski definition) is 5. The van der Waals surface area contributed by atoms with Gasteiger partial charge in [0.1, 0.15) is 5.82 Å². The third-order valence-electron chi connectivity index (χ3n) is 3.52. The van der Waals surface area contributed by atoms with E-state index in [1.807, 2.05) is 26.0 Å². The molecule has 1 amide bonds. The van der Waals surface area contributed by atoms with Gasteiger partial charge in [-0.3, -0.25) is 15.5 Å². The highest BCUT2D eigenvalue weighted by molar-refractivity contribution is 7.99. The van der Waals surface area contributed by atoms with E-state index in [0.717, 1.165) is 5.75 Å². The van der Waals surface area contributed by atoms with Crippen molar-refractivity contribution in [2.45, 2.75) is 45.2 Å². The Hall–Kier alpha value is -1.93. The van der Waals surface area contributed by atoms with Gasteiger partial charge in [0.15, 0.2) is 5.11 Å². The van der Waals surface area contributed by atoms with Crippen molar-refractivity contribution in [2.24, 2.45) is 0 Å². The van der Waals surface area contributed by atoms with E-state index < -0.39 is 0 Å². The Balaban J connectivity index is 2.03. The summed E-state index contributed by atoms with van der Waals surface area (Å²) in [5.74, 6) is 1.27. The predicted molar refractivity (Wildman–Crippen MR) is 106 cm³/mol. The summed E-state index contributed by atoms with van der Waals surface area (Å²) in [6.45, 7) is 10.2. The maximum absolute atomic E-state index is 12.4. The van der Waals surface area contributed by atoms with Crippen molar-refractivity contribution < 1.29 is 4.79 Å². The van der Waals surface area contributed by atoms with Gasteiger partial charge in [0, 0.05) is 5.56 Å². The summed E-state index contributed by atoms with van der Waals surface area (Å²) in [6.07, 6.45) is 0. The molecule has 0 unspecified atom stereocenters. The minimum absolute atomic E-state index is 0.0468. The largest absolute Gasteiger partial charge is 0.298 e. The summed E-state index contributed by atoms with van der Waals surface area (Å²) in [5.41, 5.74) is 4.73. The highest BCUT2D eigenvalue weighted by atomic mass is 32.2. The van der Waals surface area contributed by atoms with Crippen LogP contribution in [-0.2, 0) is 5.41 Å². The molecule has 0 radical (unpaired) electrons. The molecule has 0 aliphatic rings. The average molecular weight is 378 g/mol. The van der Waals surface area contributed by atoms with Crippen LogP contribution in [0.1, 0.15) is 49.4 Å². The van der Waals surface area contributed by atoms with Crippen LogP contribution in [0, 0.1) is 6.92 Å². The molecule has 2 N–H and O–H groups in total. The molecule has 1 aromatic heterocycles. The van der Waals surface area contributed by atoms with Crippen molar-refractivity contribution >= 4 is 35.0 Å². The van der Waals surface area contributed by atoms with E-state index in [-0.39, 0.29) is 16.4 Å². The Bertz CT molecular complexity index is 762. The highest BCUT2D eigenvalue weighted by Crippen LogP contribution is 2.22. The molecule has 0 bridgehead atoms. The van der Waals surface area contributed by atoms with Crippen LogP contribution in [0.4, 0.5) is 0 Å². The van der Waals surface area contributed by atoms with Gasteiger partial charge in [0.25, 0.3) is 5.91 Å². The highest BCUT2D eigenvalue weighted by Gasteiger charge is 2.15. The van der Waals surface area contributed by atoms with E-state index in [0.29, 0.717) is 16.5 Å². The predicted octanol–water partition coefficient (Wildman–Crippen LogP) is 3.25. The number of aryl methyl sites for hydroxylation is 1. The van der Waals surface area contributed by atoms with E-state index >= 15 is 0 Å². The zero-order valence-corrected chi connectivity index (χ0v) is 16.7. The number of amides is 1. The molecule has 0 atom stereocenters.